The fourth-order valence-electron chi connectivity index (χ4n) is 3.35. The number of hydrogen-bond acceptors (Lipinski definition) is 2. The van der Waals surface area contributed by atoms with Crippen molar-refractivity contribution in [1.29, 1.82) is 0 Å². The number of anilines is 1. The van der Waals surface area contributed by atoms with Crippen molar-refractivity contribution in [2.75, 3.05) is 12.4 Å². The lowest BCUT2D eigenvalue weighted by Crippen LogP contribution is -2.04. The number of rotatable bonds is 4. The zero-order valence-electron chi connectivity index (χ0n) is 15.8. The van der Waals surface area contributed by atoms with Crippen LogP contribution in [0.1, 0.15) is 61.8 Å². The Labute approximate surface area is 153 Å². The van der Waals surface area contributed by atoms with Gasteiger partial charge in [0.1, 0.15) is 11.6 Å². The largest absolute Gasteiger partial charge is 0.496 e. The molecule has 2 aromatic carbocycles. The quantitative estimate of drug-likeness (QED) is 0.729. The third kappa shape index (κ3) is 3.24. The van der Waals surface area contributed by atoms with E-state index in [4.69, 9.17) is 4.74 Å². The Hall–Kier alpha value is -2.62. The lowest BCUT2D eigenvalue weighted by molar-refractivity contribution is -0.110. The highest BCUT2D eigenvalue weighted by atomic mass is 19.1. The number of carbonyl (C=O) groups is 1. The first-order valence-electron chi connectivity index (χ1n) is 8.86. The van der Waals surface area contributed by atoms with Crippen LogP contribution in [0.5, 0.6) is 5.75 Å². The molecular weight excluding hydrogens is 329 g/mol. The molecule has 0 aliphatic carbocycles. The van der Waals surface area contributed by atoms with Crippen LogP contribution in [0.15, 0.2) is 30.3 Å². The van der Waals surface area contributed by atoms with Gasteiger partial charge in [0.15, 0.2) is 0 Å². The fourth-order valence-corrected chi connectivity index (χ4v) is 3.35. The van der Waals surface area contributed by atoms with Gasteiger partial charge >= 0.3 is 0 Å². The first-order chi connectivity index (χ1) is 12.3. The summed E-state index contributed by atoms with van der Waals surface area (Å²) in [6, 6.07) is 8.50. The molecular formula is C22H24FNO2. The van der Waals surface area contributed by atoms with Crippen LogP contribution in [0.4, 0.5) is 10.1 Å². The topological polar surface area (TPSA) is 38.3 Å². The average molecular weight is 353 g/mol. The standard InChI is InChI=1S/C22H24FNO2/c1-12(2)17-8-14(9-18(13(3)4)21(17)26-5)10-19-16-7-6-15(23)11-20(16)24-22(19)25/h6-13H,1-5H3,(H,24,25)/b19-10+. The van der Waals surface area contributed by atoms with Gasteiger partial charge in [0.05, 0.1) is 12.8 Å². The summed E-state index contributed by atoms with van der Waals surface area (Å²) in [6.45, 7) is 8.50. The van der Waals surface area contributed by atoms with E-state index < -0.39 is 0 Å². The van der Waals surface area contributed by atoms with Gasteiger partial charge in [-0.05, 0) is 64.9 Å². The van der Waals surface area contributed by atoms with E-state index in [0.29, 0.717) is 23.1 Å². The third-order valence-electron chi connectivity index (χ3n) is 4.69. The molecule has 1 heterocycles. The van der Waals surface area contributed by atoms with Gasteiger partial charge in [0, 0.05) is 11.1 Å². The molecule has 0 atom stereocenters. The molecule has 3 nitrogen and oxygen atoms in total. The SMILES string of the molecule is COc1c(C(C)C)cc(/C=C2/C(=O)Nc3cc(F)ccc32)cc1C(C)C. The summed E-state index contributed by atoms with van der Waals surface area (Å²) in [4.78, 5) is 12.4. The van der Waals surface area contributed by atoms with Gasteiger partial charge in [0.25, 0.3) is 5.91 Å². The van der Waals surface area contributed by atoms with Gasteiger partial charge in [-0.25, -0.2) is 4.39 Å². The van der Waals surface area contributed by atoms with Crippen LogP contribution in [0.3, 0.4) is 0 Å². The van der Waals surface area contributed by atoms with E-state index in [2.05, 4.69) is 45.1 Å². The number of ether oxygens (including phenoxy) is 1. The van der Waals surface area contributed by atoms with E-state index in [1.165, 1.54) is 12.1 Å². The summed E-state index contributed by atoms with van der Waals surface area (Å²) in [5.41, 5.74) is 4.97. The molecule has 0 fully saturated rings. The van der Waals surface area contributed by atoms with Crippen molar-refractivity contribution >= 4 is 23.2 Å². The summed E-state index contributed by atoms with van der Waals surface area (Å²) < 4.78 is 19.1. The summed E-state index contributed by atoms with van der Waals surface area (Å²) in [5, 5.41) is 2.73. The van der Waals surface area contributed by atoms with Gasteiger partial charge in [-0.15, -0.1) is 0 Å². The second kappa shape index (κ2) is 6.94. The van der Waals surface area contributed by atoms with Crippen LogP contribution in [-0.2, 0) is 4.79 Å². The number of methoxy groups -OCH3 is 1. The van der Waals surface area contributed by atoms with Crippen molar-refractivity contribution in [2.45, 2.75) is 39.5 Å². The predicted molar refractivity (Wildman–Crippen MR) is 104 cm³/mol. The van der Waals surface area contributed by atoms with Gasteiger partial charge in [-0.1, -0.05) is 27.7 Å². The summed E-state index contributed by atoms with van der Waals surface area (Å²) >= 11 is 0. The smallest absolute Gasteiger partial charge is 0.256 e. The highest BCUT2D eigenvalue weighted by Crippen LogP contribution is 2.38. The van der Waals surface area contributed by atoms with Crippen LogP contribution >= 0.6 is 0 Å². The maximum Gasteiger partial charge on any atom is 0.256 e. The van der Waals surface area contributed by atoms with Gasteiger partial charge in [-0.3, -0.25) is 4.79 Å². The van der Waals surface area contributed by atoms with Crippen LogP contribution in [0.2, 0.25) is 0 Å². The number of amides is 1. The zero-order valence-corrected chi connectivity index (χ0v) is 15.8. The molecule has 3 rings (SSSR count). The summed E-state index contributed by atoms with van der Waals surface area (Å²) in [6.07, 6.45) is 1.87. The minimum absolute atomic E-state index is 0.210. The predicted octanol–water partition coefficient (Wildman–Crippen LogP) is 5.57. The van der Waals surface area contributed by atoms with Gasteiger partial charge in [-0.2, -0.15) is 0 Å². The lowest BCUT2D eigenvalue weighted by atomic mass is 9.90. The lowest BCUT2D eigenvalue weighted by Gasteiger charge is -2.19. The zero-order chi connectivity index (χ0) is 19.0. The van der Waals surface area contributed by atoms with Crippen molar-refractivity contribution in [3.05, 3.63) is 58.4 Å². The Bertz CT molecular complexity index is 868. The van der Waals surface area contributed by atoms with Crippen molar-refractivity contribution in [2.24, 2.45) is 0 Å². The molecule has 0 saturated heterocycles. The second-order valence-corrected chi connectivity index (χ2v) is 7.24. The van der Waals surface area contributed by atoms with E-state index in [-0.39, 0.29) is 11.7 Å². The van der Waals surface area contributed by atoms with E-state index >= 15 is 0 Å². The number of halogens is 1. The molecule has 26 heavy (non-hydrogen) atoms. The molecule has 136 valence electrons. The van der Waals surface area contributed by atoms with Crippen molar-refractivity contribution in [1.82, 2.24) is 0 Å². The van der Waals surface area contributed by atoms with Crippen LogP contribution in [-0.4, -0.2) is 13.0 Å². The highest BCUT2D eigenvalue weighted by molar-refractivity contribution is 6.34. The van der Waals surface area contributed by atoms with Crippen LogP contribution < -0.4 is 10.1 Å². The maximum absolute atomic E-state index is 13.4. The Morgan fingerprint density at radius 2 is 1.65 bits per heavy atom. The average Bonchev–Trinajstić information content (AvgIpc) is 2.88. The molecule has 4 heteroatoms. The summed E-state index contributed by atoms with van der Waals surface area (Å²) in [7, 11) is 1.69. The van der Waals surface area contributed by atoms with Gasteiger partial charge < -0.3 is 10.1 Å². The Kier molecular flexibility index (Phi) is 4.86. The molecule has 0 spiro atoms. The molecule has 1 aliphatic heterocycles. The number of hydrogen-bond donors (Lipinski definition) is 1. The normalized spacial score (nSPS) is 14.9. The first kappa shape index (κ1) is 18.2. The van der Waals surface area contributed by atoms with Crippen molar-refractivity contribution < 1.29 is 13.9 Å². The highest BCUT2D eigenvalue weighted by Gasteiger charge is 2.25. The Morgan fingerprint density at radius 3 is 2.19 bits per heavy atom. The Balaban J connectivity index is 2.16. The molecule has 0 radical (unpaired) electrons. The molecule has 0 saturated carbocycles. The molecule has 1 amide bonds. The molecule has 0 bridgehead atoms. The van der Waals surface area contributed by atoms with E-state index in [0.717, 1.165) is 28.0 Å². The minimum atomic E-state index is -0.362. The monoisotopic (exact) mass is 353 g/mol. The fraction of sp³-hybridized carbons (Fsp3) is 0.318. The summed E-state index contributed by atoms with van der Waals surface area (Å²) in [5.74, 6) is 0.923. The number of nitrogens with one attached hydrogen (secondary N) is 1. The number of carbonyl (C=O) groups excluding carboxylic acids is 1. The second-order valence-electron chi connectivity index (χ2n) is 7.24. The molecule has 1 aliphatic rings. The minimum Gasteiger partial charge on any atom is -0.496 e. The Morgan fingerprint density at radius 1 is 1.04 bits per heavy atom. The van der Waals surface area contributed by atoms with E-state index in [9.17, 15) is 9.18 Å². The number of fused-ring (bicyclic) bond motifs is 1. The van der Waals surface area contributed by atoms with Crippen molar-refractivity contribution in [3.8, 4) is 5.75 Å². The van der Waals surface area contributed by atoms with E-state index in [1.807, 2.05) is 6.08 Å². The third-order valence-corrected chi connectivity index (χ3v) is 4.69. The van der Waals surface area contributed by atoms with Crippen molar-refractivity contribution in [3.63, 3.8) is 0 Å². The maximum atomic E-state index is 13.4. The molecule has 2 aromatic rings. The molecule has 0 unspecified atom stereocenters. The molecule has 0 aromatic heterocycles. The first-order valence-corrected chi connectivity index (χ1v) is 8.86. The molecule has 1 N–H and O–H groups in total. The van der Waals surface area contributed by atoms with Gasteiger partial charge in [0.2, 0.25) is 0 Å². The van der Waals surface area contributed by atoms with Crippen LogP contribution in [0.25, 0.3) is 11.6 Å². The van der Waals surface area contributed by atoms with E-state index in [1.54, 1.807) is 13.2 Å². The number of benzene rings is 2. The van der Waals surface area contributed by atoms with Crippen LogP contribution in [0, 0.1) is 5.82 Å².